The smallest absolute Gasteiger partial charge is 0.356 e. The average molecular weight is 300 g/mol. The number of halogens is 2. The first-order valence-electron chi connectivity index (χ1n) is 5.59. The minimum Gasteiger partial charge on any atom is -0.476 e. The number of hydrogen-bond donors (Lipinski definition) is 1. The summed E-state index contributed by atoms with van der Waals surface area (Å²) in [5.41, 5.74) is 0.430. The Morgan fingerprint density at radius 1 is 1.47 bits per heavy atom. The van der Waals surface area contributed by atoms with Gasteiger partial charge in [0.1, 0.15) is 5.82 Å². The van der Waals surface area contributed by atoms with Crippen LogP contribution in [0.5, 0.6) is 0 Å². The fourth-order valence-corrected chi connectivity index (χ4v) is 2.74. The molecule has 0 saturated heterocycles. The molecule has 0 atom stereocenters. The molecule has 19 heavy (non-hydrogen) atoms. The molecule has 1 aromatic heterocycles. The number of aromatic nitrogens is 1. The molecule has 0 spiro atoms. The number of benzene rings is 1. The summed E-state index contributed by atoms with van der Waals surface area (Å²) in [6.45, 7) is 3.85. The molecule has 0 bridgehead atoms. The number of hydrogen-bond acceptors (Lipinski definition) is 3. The standard InChI is InChI=1S/C13H11ClFNO2S/c1-6(2)12-16-10(13(17)18)11(19-12)7-3-4-8(14)9(15)5-7/h3-6H,1-2H3,(H,17,18). The summed E-state index contributed by atoms with van der Waals surface area (Å²) < 4.78 is 13.5. The van der Waals surface area contributed by atoms with Crippen LogP contribution in [0.25, 0.3) is 10.4 Å². The van der Waals surface area contributed by atoms with Gasteiger partial charge in [-0.2, -0.15) is 0 Å². The fraction of sp³-hybridized carbons (Fsp3) is 0.231. The SMILES string of the molecule is CC(C)c1nc(C(=O)O)c(-c2ccc(Cl)c(F)c2)s1. The quantitative estimate of drug-likeness (QED) is 0.912. The lowest BCUT2D eigenvalue weighted by molar-refractivity contribution is 0.0692. The van der Waals surface area contributed by atoms with Crippen LogP contribution in [-0.2, 0) is 0 Å². The third kappa shape index (κ3) is 2.77. The van der Waals surface area contributed by atoms with Gasteiger partial charge in [0, 0.05) is 5.92 Å². The highest BCUT2D eigenvalue weighted by Gasteiger charge is 2.20. The van der Waals surface area contributed by atoms with Crippen molar-refractivity contribution in [2.45, 2.75) is 19.8 Å². The zero-order chi connectivity index (χ0) is 14.2. The Kier molecular flexibility index (Phi) is 3.87. The predicted octanol–water partition coefficient (Wildman–Crippen LogP) is 4.42. The second-order valence-electron chi connectivity index (χ2n) is 4.32. The van der Waals surface area contributed by atoms with Crippen molar-refractivity contribution in [2.24, 2.45) is 0 Å². The third-order valence-corrected chi connectivity index (χ3v) is 4.23. The molecule has 0 aliphatic rings. The number of rotatable bonds is 3. The summed E-state index contributed by atoms with van der Waals surface area (Å²) in [5.74, 6) is -1.57. The molecule has 1 aromatic carbocycles. The van der Waals surface area contributed by atoms with Gasteiger partial charge in [-0.1, -0.05) is 31.5 Å². The van der Waals surface area contributed by atoms with Crippen LogP contribution in [0.4, 0.5) is 4.39 Å². The van der Waals surface area contributed by atoms with Gasteiger partial charge in [-0.25, -0.2) is 14.2 Å². The second-order valence-corrected chi connectivity index (χ2v) is 5.76. The Morgan fingerprint density at radius 3 is 2.68 bits per heavy atom. The van der Waals surface area contributed by atoms with Gasteiger partial charge in [-0.15, -0.1) is 11.3 Å². The highest BCUT2D eigenvalue weighted by Crippen LogP contribution is 2.34. The summed E-state index contributed by atoms with van der Waals surface area (Å²) in [6.07, 6.45) is 0. The van der Waals surface area contributed by atoms with Gasteiger partial charge in [-0.05, 0) is 17.7 Å². The molecule has 2 aromatic rings. The summed E-state index contributed by atoms with van der Waals surface area (Å²) >= 11 is 6.88. The van der Waals surface area contributed by atoms with E-state index < -0.39 is 11.8 Å². The van der Waals surface area contributed by atoms with Crippen molar-refractivity contribution >= 4 is 28.9 Å². The molecule has 2 rings (SSSR count). The lowest BCUT2D eigenvalue weighted by Crippen LogP contribution is -1.99. The summed E-state index contributed by atoms with van der Waals surface area (Å²) in [5, 5.41) is 9.89. The van der Waals surface area contributed by atoms with Gasteiger partial charge in [0.15, 0.2) is 5.69 Å². The van der Waals surface area contributed by atoms with Crippen molar-refractivity contribution in [3.63, 3.8) is 0 Å². The number of carbonyl (C=O) groups is 1. The molecule has 0 unspecified atom stereocenters. The molecular formula is C13H11ClFNO2S. The normalized spacial score (nSPS) is 11.0. The maximum atomic E-state index is 13.5. The summed E-state index contributed by atoms with van der Waals surface area (Å²) in [6, 6.07) is 4.23. The van der Waals surface area contributed by atoms with Gasteiger partial charge in [0.25, 0.3) is 0 Å². The molecule has 0 radical (unpaired) electrons. The Labute approximate surface area is 118 Å². The van der Waals surface area contributed by atoms with E-state index in [1.807, 2.05) is 13.8 Å². The first-order chi connectivity index (χ1) is 8.90. The van der Waals surface area contributed by atoms with Gasteiger partial charge in [0.2, 0.25) is 0 Å². The number of carboxylic acids is 1. The van der Waals surface area contributed by atoms with E-state index in [0.29, 0.717) is 15.4 Å². The molecule has 100 valence electrons. The van der Waals surface area contributed by atoms with Crippen LogP contribution in [0.2, 0.25) is 5.02 Å². The summed E-state index contributed by atoms with van der Waals surface area (Å²) in [4.78, 5) is 15.8. The number of aromatic carboxylic acids is 1. The van der Waals surface area contributed by atoms with Crippen LogP contribution in [-0.4, -0.2) is 16.1 Å². The van der Waals surface area contributed by atoms with Crippen molar-refractivity contribution in [1.29, 1.82) is 0 Å². The predicted molar refractivity (Wildman–Crippen MR) is 73.6 cm³/mol. The number of thiazole rings is 1. The molecule has 1 heterocycles. The van der Waals surface area contributed by atoms with Gasteiger partial charge >= 0.3 is 5.97 Å². The van der Waals surface area contributed by atoms with Crippen LogP contribution < -0.4 is 0 Å². The van der Waals surface area contributed by atoms with Crippen LogP contribution in [0.3, 0.4) is 0 Å². The Balaban J connectivity index is 2.59. The van der Waals surface area contributed by atoms with Crippen molar-refractivity contribution in [3.8, 4) is 10.4 Å². The zero-order valence-electron chi connectivity index (χ0n) is 10.3. The molecule has 3 nitrogen and oxygen atoms in total. The molecule has 0 fully saturated rings. The Morgan fingerprint density at radius 2 is 2.16 bits per heavy atom. The van der Waals surface area contributed by atoms with Crippen molar-refractivity contribution in [3.05, 3.63) is 39.7 Å². The maximum Gasteiger partial charge on any atom is 0.356 e. The van der Waals surface area contributed by atoms with E-state index in [2.05, 4.69) is 4.98 Å². The van der Waals surface area contributed by atoms with Crippen LogP contribution in [0.15, 0.2) is 18.2 Å². The van der Waals surface area contributed by atoms with Crippen molar-refractivity contribution < 1.29 is 14.3 Å². The van der Waals surface area contributed by atoms with Crippen molar-refractivity contribution in [1.82, 2.24) is 4.98 Å². The molecule has 0 aliphatic heterocycles. The minimum atomic E-state index is -1.12. The van der Waals surface area contributed by atoms with Crippen LogP contribution >= 0.6 is 22.9 Å². The van der Waals surface area contributed by atoms with E-state index in [1.54, 1.807) is 6.07 Å². The van der Waals surface area contributed by atoms with Crippen molar-refractivity contribution in [2.75, 3.05) is 0 Å². The lowest BCUT2D eigenvalue weighted by atomic mass is 10.1. The van der Waals surface area contributed by atoms with E-state index in [4.69, 9.17) is 11.6 Å². The first-order valence-corrected chi connectivity index (χ1v) is 6.79. The van der Waals surface area contributed by atoms with Gasteiger partial charge in [0.05, 0.1) is 14.9 Å². The second kappa shape index (κ2) is 5.27. The summed E-state index contributed by atoms with van der Waals surface area (Å²) in [7, 11) is 0. The largest absolute Gasteiger partial charge is 0.476 e. The molecule has 6 heteroatoms. The highest BCUT2D eigenvalue weighted by atomic mass is 35.5. The van der Waals surface area contributed by atoms with E-state index in [9.17, 15) is 14.3 Å². The molecule has 0 amide bonds. The third-order valence-electron chi connectivity index (χ3n) is 2.52. The highest BCUT2D eigenvalue weighted by molar-refractivity contribution is 7.15. The minimum absolute atomic E-state index is 0.00854. The molecule has 1 N–H and O–H groups in total. The topological polar surface area (TPSA) is 50.2 Å². The molecular weight excluding hydrogens is 289 g/mol. The maximum absolute atomic E-state index is 13.5. The van der Waals surface area contributed by atoms with Gasteiger partial charge in [-0.3, -0.25) is 0 Å². The van der Waals surface area contributed by atoms with Crippen LogP contribution in [0, 0.1) is 5.82 Å². The first kappa shape index (κ1) is 14.0. The number of nitrogens with zero attached hydrogens (tertiary/aromatic N) is 1. The fourth-order valence-electron chi connectivity index (χ4n) is 1.56. The monoisotopic (exact) mass is 299 g/mol. The average Bonchev–Trinajstić information content (AvgIpc) is 2.78. The Bertz CT molecular complexity index is 640. The molecule has 0 saturated carbocycles. The van der Waals surface area contributed by atoms with E-state index in [-0.39, 0.29) is 16.6 Å². The van der Waals surface area contributed by atoms with E-state index in [0.717, 1.165) is 0 Å². The van der Waals surface area contributed by atoms with Gasteiger partial charge < -0.3 is 5.11 Å². The van der Waals surface area contributed by atoms with Crippen LogP contribution in [0.1, 0.15) is 35.3 Å². The lowest BCUT2D eigenvalue weighted by Gasteiger charge is -2.00. The zero-order valence-corrected chi connectivity index (χ0v) is 11.8. The molecule has 0 aliphatic carbocycles. The van der Waals surface area contributed by atoms with E-state index in [1.165, 1.54) is 23.5 Å². The Hall–Kier alpha value is -1.46. The van der Waals surface area contributed by atoms with E-state index >= 15 is 0 Å². The number of carboxylic acid groups (broad SMARTS) is 1.